The third-order valence-corrected chi connectivity index (χ3v) is 2.98. The first kappa shape index (κ1) is 25.8. The topological polar surface area (TPSA) is 0 Å². The molecule has 112 valence electrons. The molecule has 0 saturated heterocycles. The van der Waals surface area contributed by atoms with Gasteiger partial charge >= 0.3 is 26.2 Å². The summed E-state index contributed by atoms with van der Waals surface area (Å²) in [6, 6.07) is 0. The van der Waals surface area contributed by atoms with Gasteiger partial charge in [0.2, 0.25) is 0 Å². The van der Waals surface area contributed by atoms with Gasteiger partial charge in [0.15, 0.2) is 0 Å². The van der Waals surface area contributed by atoms with Gasteiger partial charge in [0.25, 0.3) is 0 Å². The Balaban J connectivity index is -0.000000270. The summed E-state index contributed by atoms with van der Waals surface area (Å²) in [5.74, 6) is 0. The van der Waals surface area contributed by atoms with Crippen molar-refractivity contribution in [1.29, 1.82) is 0 Å². The maximum Gasteiger partial charge on any atom is 4.00 e. The van der Waals surface area contributed by atoms with Crippen LogP contribution in [0.2, 0.25) is 0 Å². The minimum Gasteiger partial charge on any atom is -1.00 e. The molecule has 0 bridgehead atoms. The summed E-state index contributed by atoms with van der Waals surface area (Å²) >= 11 is 0. The number of allylic oxidation sites excluding steroid dienone is 12. The van der Waals surface area contributed by atoms with E-state index in [2.05, 4.69) is 62.5 Å². The average Bonchev–Trinajstić information content (AvgIpc) is 2.92. The van der Waals surface area contributed by atoms with E-state index in [9.17, 15) is 0 Å². The second-order valence-corrected chi connectivity index (χ2v) is 4.41. The molecule has 0 N–H and O–H groups in total. The molecule has 0 heterocycles. The molecule has 0 saturated carbocycles. The van der Waals surface area contributed by atoms with Crippen molar-refractivity contribution in [3.63, 3.8) is 0 Å². The van der Waals surface area contributed by atoms with E-state index in [1.807, 2.05) is 13.8 Å². The summed E-state index contributed by atoms with van der Waals surface area (Å²) in [4.78, 5) is 0. The maximum absolute atomic E-state index is 3.16. The fourth-order valence-corrected chi connectivity index (χ4v) is 1.91. The van der Waals surface area contributed by atoms with E-state index in [1.54, 1.807) is 0 Å². The van der Waals surface area contributed by atoms with Gasteiger partial charge in [-0.15, -0.1) is 24.3 Å². The third kappa shape index (κ3) is 9.51. The standard InChI is InChI=1S/2C9H11.2ClH.Zr/c2*1-3-5-9-7-4-6-8(9)2;;;/h2*3-5H,7H2,1-2H3;2*1H;/q2*-1;;;+4/p-2. The molecule has 0 unspecified atom stereocenters. The van der Waals surface area contributed by atoms with Crippen LogP contribution in [-0.4, -0.2) is 0 Å². The van der Waals surface area contributed by atoms with Crippen LogP contribution in [0, 0.1) is 12.2 Å². The summed E-state index contributed by atoms with van der Waals surface area (Å²) in [6.45, 7) is 8.27. The first-order valence-electron chi connectivity index (χ1n) is 6.50. The fourth-order valence-electron chi connectivity index (χ4n) is 1.91. The predicted molar refractivity (Wildman–Crippen MR) is 79.9 cm³/mol. The van der Waals surface area contributed by atoms with Crippen molar-refractivity contribution in [3.8, 4) is 0 Å². The Hall–Kier alpha value is -0.0969. The average molecular weight is 401 g/mol. The van der Waals surface area contributed by atoms with Crippen molar-refractivity contribution < 1.29 is 51.0 Å². The Bertz CT molecular complexity index is 420. The Morgan fingerprint density at radius 2 is 1.14 bits per heavy atom. The van der Waals surface area contributed by atoms with Gasteiger partial charge in [-0.05, 0) is 13.8 Å². The number of halogens is 2. The Morgan fingerprint density at radius 3 is 1.33 bits per heavy atom. The molecule has 0 spiro atoms. The molecule has 0 amide bonds. The Morgan fingerprint density at radius 1 is 0.810 bits per heavy atom. The van der Waals surface area contributed by atoms with Crippen molar-refractivity contribution >= 4 is 0 Å². The zero-order chi connectivity index (χ0) is 13.4. The molecular weight excluding hydrogens is 378 g/mol. The molecule has 0 aromatic carbocycles. The molecule has 0 aliphatic heterocycles. The molecule has 3 heteroatoms. The van der Waals surface area contributed by atoms with Gasteiger partial charge in [0.1, 0.15) is 0 Å². The minimum absolute atomic E-state index is 0. The van der Waals surface area contributed by atoms with Crippen LogP contribution in [0.5, 0.6) is 0 Å². The maximum atomic E-state index is 3.16. The van der Waals surface area contributed by atoms with Crippen LogP contribution in [-0.2, 0) is 26.2 Å². The van der Waals surface area contributed by atoms with Crippen LogP contribution in [0.15, 0.2) is 58.7 Å². The smallest absolute Gasteiger partial charge is 1.00 e. The molecule has 0 radical (unpaired) electrons. The molecule has 2 aliphatic carbocycles. The molecule has 2 rings (SSSR count). The molecule has 21 heavy (non-hydrogen) atoms. The van der Waals surface area contributed by atoms with Crippen LogP contribution in [0.1, 0.15) is 40.5 Å². The predicted octanol–water partition coefficient (Wildman–Crippen LogP) is -0.710. The number of hydrogen-bond donors (Lipinski definition) is 0. The van der Waals surface area contributed by atoms with Crippen LogP contribution < -0.4 is 24.8 Å². The normalized spacial score (nSPS) is 15.8. The van der Waals surface area contributed by atoms with Gasteiger partial charge in [0.05, 0.1) is 0 Å². The van der Waals surface area contributed by atoms with Crippen molar-refractivity contribution in [2.24, 2.45) is 0 Å². The van der Waals surface area contributed by atoms with E-state index in [0.29, 0.717) is 0 Å². The van der Waals surface area contributed by atoms with E-state index in [4.69, 9.17) is 0 Å². The third-order valence-electron chi connectivity index (χ3n) is 2.98. The molecule has 2 aliphatic rings. The van der Waals surface area contributed by atoms with Crippen LogP contribution in [0.25, 0.3) is 0 Å². The monoisotopic (exact) mass is 398 g/mol. The van der Waals surface area contributed by atoms with E-state index in [0.717, 1.165) is 12.8 Å². The fraction of sp³-hybridized carbons (Fsp3) is 0.333. The summed E-state index contributed by atoms with van der Waals surface area (Å²) in [7, 11) is 0. The van der Waals surface area contributed by atoms with Gasteiger partial charge in [0, 0.05) is 0 Å². The second-order valence-electron chi connectivity index (χ2n) is 4.41. The SMILES string of the molecule is CC=CC1=C(C)[C-]=CC1.CC=CC1=C(C)[C-]=CC1.[Cl-].[Cl-].[Zr+4]. The minimum atomic E-state index is 0. The molecular formula is C18H22Cl2Zr. The summed E-state index contributed by atoms with van der Waals surface area (Å²) in [5.41, 5.74) is 5.37. The second kappa shape index (κ2) is 14.8. The van der Waals surface area contributed by atoms with Crippen LogP contribution in [0.3, 0.4) is 0 Å². The van der Waals surface area contributed by atoms with Crippen molar-refractivity contribution in [2.75, 3.05) is 0 Å². The molecule has 0 aromatic heterocycles. The number of hydrogen-bond acceptors (Lipinski definition) is 0. The molecule has 0 fully saturated rings. The van der Waals surface area contributed by atoms with E-state index in [-0.39, 0.29) is 51.0 Å². The van der Waals surface area contributed by atoms with Gasteiger partial charge in [-0.2, -0.15) is 23.3 Å². The zero-order valence-corrected chi connectivity index (χ0v) is 17.1. The zero-order valence-electron chi connectivity index (χ0n) is 13.1. The molecule has 0 atom stereocenters. The van der Waals surface area contributed by atoms with Gasteiger partial charge in [-0.25, -0.2) is 11.1 Å². The van der Waals surface area contributed by atoms with Crippen molar-refractivity contribution in [2.45, 2.75) is 40.5 Å². The van der Waals surface area contributed by atoms with E-state index in [1.165, 1.54) is 22.3 Å². The largest absolute Gasteiger partial charge is 4.00 e. The van der Waals surface area contributed by atoms with Crippen LogP contribution >= 0.6 is 0 Å². The summed E-state index contributed by atoms with van der Waals surface area (Å²) < 4.78 is 0. The summed E-state index contributed by atoms with van der Waals surface area (Å²) in [6.07, 6.45) is 21.0. The van der Waals surface area contributed by atoms with Gasteiger partial charge in [-0.1, -0.05) is 26.7 Å². The first-order chi connectivity index (χ1) is 8.69. The van der Waals surface area contributed by atoms with Crippen molar-refractivity contribution in [1.82, 2.24) is 0 Å². The molecule has 0 nitrogen and oxygen atoms in total. The Labute approximate surface area is 161 Å². The number of rotatable bonds is 2. The quantitative estimate of drug-likeness (QED) is 0.538. The van der Waals surface area contributed by atoms with Crippen LogP contribution in [0.4, 0.5) is 0 Å². The van der Waals surface area contributed by atoms with E-state index < -0.39 is 0 Å². The van der Waals surface area contributed by atoms with E-state index >= 15 is 0 Å². The first-order valence-corrected chi connectivity index (χ1v) is 6.50. The van der Waals surface area contributed by atoms with Crippen molar-refractivity contribution in [3.05, 3.63) is 70.9 Å². The summed E-state index contributed by atoms with van der Waals surface area (Å²) in [5, 5.41) is 0. The van der Waals surface area contributed by atoms with Gasteiger partial charge < -0.3 is 24.8 Å². The van der Waals surface area contributed by atoms with Gasteiger partial charge in [-0.3, -0.25) is 12.2 Å². The molecule has 0 aromatic rings. The Kier molecular flexibility index (Phi) is 18.2.